The average Bonchev–Trinajstić information content (AvgIpc) is 3.75. The lowest BCUT2D eigenvalue weighted by Gasteiger charge is -2.31. The van der Waals surface area contributed by atoms with Crippen molar-refractivity contribution in [2.24, 2.45) is 0 Å². The summed E-state index contributed by atoms with van der Waals surface area (Å²) in [6.45, 7) is 15.3. The maximum absolute atomic E-state index is 4.25. The fraction of sp³-hybridized carbons (Fsp3) is 0.167. The van der Waals surface area contributed by atoms with E-state index >= 15 is 0 Å². The standard InChI is InChI=1S/C58H51N2P.C2H6/c1-5-40(50-21-13-15-23-57(50)61)37-56-39(2)49-20-12-14-22-55(49)60(56)47-31-29-46(30-32-47)59(45-27-24-43(25-28-45)41-16-8-6-9-17-41)48-33-35-52-51-34-26-44(42-18-10-7-11-19-42)36-53(51)58(3,4)54(52)38-48;1-2/h5,7-8,10-24,26-27,29-38H,1,6,9,25,28,61H2,2-4H3;1-2H3/b40-37+;. The summed E-state index contributed by atoms with van der Waals surface area (Å²) in [7, 11) is 2.89. The molecule has 0 N–H and O–H groups in total. The van der Waals surface area contributed by atoms with E-state index in [4.69, 9.17) is 0 Å². The summed E-state index contributed by atoms with van der Waals surface area (Å²) in [5.74, 6) is 0. The first-order valence-corrected chi connectivity index (χ1v) is 23.2. The van der Waals surface area contributed by atoms with E-state index in [1.165, 1.54) is 72.4 Å². The van der Waals surface area contributed by atoms with Gasteiger partial charge in [-0.1, -0.05) is 156 Å². The van der Waals surface area contributed by atoms with Crippen LogP contribution in [0.2, 0.25) is 0 Å². The Bertz CT molecular complexity index is 3020. The van der Waals surface area contributed by atoms with Gasteiger partial charge in [0.05, 0.1) is 11.2 Å². The second kappa shape index (κ2) is 17.7. The third-order valence-electron chi connectivity index (χ3n) is 13.1. The molecule has 7 aromatic rings. The molecular weight excluding hydrogens is 780 g/mol. The largest absolute Gasteiger partial charge is 0.314 e. The van der Waals surface area contributed by atoms with E-state index in [0.29, 0.717) is 0 Å². The Kier molecular flexibility index (Phi) is 11.8. The molecule has 0 radical (unpaired) electrons. The molecule has 1 aromatic heterocycles. The zero-order chi connectivity index (χ0) is 43.7. The first-order chi connectivity index (χ1) is 30.8. The number of aromatic nitrogens is 1. The minimum Gasteiger partial charge on any atom is -0.314 e. The van der Waals surface area contributed by atoms with E-state index in [9.17, 15) is 0 Å². The van der Waals surface area contributed by atoms with Gasteiger partial charge in [0.15, 0.2) is 0 Å². The molecule has 0 amide bonds. The summed E-state index contributed by atoms with van der Waals surface area (Å²) in [6.07, 6.45) is 20.2. The van der Waals surface area contributed by atoms with E-state index in [-0.39, 0.29) is 5.41 Å². The van der Waals surface area contributed by atoms with Crippen molar-refractivity contribution < 1.29 is 0 Å². The minimum absolute atomic E-state index is 0.159. The van der Waals surface area contributed by atoms with Crippen molar-refractivity contribution in [1.82, 2.24) is 4.57 Å². The maximum atomic E-state index is 4.25. The monoisotopic (exact) mass is 836 g/mol. The third-order valence-corrected chi connectivity index (χ3v) is 13.6. The van der Waals surface area contributed by atoms with Crippen LogP contribution in [0.25, 0.3) is 50.5 Å². The van der Waals surface area contributed by atoms with Gasteiger partial charge in [-0.15, -0.1) is 9.24 Å². The van der Waals surface area contributed by atoms with Crippen molar-refractivity contribution in [2.45, 2.75) is 65.7 Å². The highest BCUT2D eigenvalue weighted by atomic mass is 31.0. The summed E-state index contributed by atoms with van der Waals surface area (Å²) in [5.41, 5.74) is 21.2. The molecule has 1 atom stereocenters. The van der Waals surface area contributed by atoms with Gasteiger partial charge in [-0.2, -0.15) is 0 Å². The van der Waals surface area contributed by atoms with Gasteiger partial charge in [0.1, 0.15) is 0 Å². The molecule has 6 aromatic carbocycles. The van der Waals surface area contributed by atoms with Crippen LogP contribution < -0.4 is 10.2 Å². The molecule has 0 fully saturated rings. The van der Waals surface area contributed by atoms with E-state index in [1.807, 2.05) is 19.9 Å². The summed E-state index contributed by atoms with van der Waals surface area (Å²) < 4.78 is 2.41. The number of hydrogen-bond donors (Lipinski definition) is 0. The Morgan fingerprint density at radius 2 is 1.41 bits per heavy atom. The van der Waals surface area contributed by atoms with Crippen LogP contribution in [0, 0.1) is 6.92 Å². The predicted molar refractivity (Wildman–Crippen MR) is 277 cm³/mol. The number of benzene rings is 6. The van der Waals surface area contributed by atoms with Crippen LogP contribution in [-0.2, 0) is 5.41 Å². The first-order valence-electron chi connectivity index (χ1n) is 22.6. The van der Waals surface area contributed by atoms with Gasteiger partial charge in [-0.3, -0.25) is 0 Å². The second-order valence-corrected chi connectivity index (χ2v) is 17.7. The van der Waals surface area contributed by atoms with E-state index in [2.05, 4.69) is 222 Å². The van der Waals surface area contributed by atoms with Crippen molar-refractivity contribution in [3.05, 3.63) is 227 Å². The third kappa shape index (κ3) is 7.72. The highest BCUT2D eigenvalue weighted by Gasteiger charge is 2.36. The number of aryl methyl sites for hydroxylation is 1. The molecule has 3 aliphatic rings. The summed E-state index contributed by atoms with van der Waals surface area (Å²) in [5, 5.41) is 2.40. The molecule has 1 unspecified atom stereocenters. The van der Waals surface area contributed by atoms with Crippen LogP contribution in [0.5, 0.6) is 0 Å². The number of allylic oxidation sites excluding steroid dienone is 10. The number of hydrogen-bond acceptors (Lipinski definition) is 1. The van der Waals surface area contributed by atoms with Crippen molar-refractivity contribution in [3.8, 4) is 27.9 Å². The van der Waals surface area contributed by atoms with Crippen LogP contribution in [0.15, 0.2) is 199 Å². The molecule has 2 nitrogen and oxygen atoms in total. The summed E-state index contributed by atoms with van der Waals surface area (Å²) in [4.78, 5) is 2.50. The lowest BCUT2D eigenvalue weighted by molar-refractivity contribution is 0.660. The Balaban J connectivity index is 0.00000249. The van der Waals surface area contributed by atoms with Crippen LogP contribution in [-0.4, -0.2) is 4.57 Å². The Morgan fingerprint density at radius 3 is 2.13 bits per heavy atom. The molecule has 3 aliphatic carbocycles. The molecule has 3 heteroatoms. The predicted octanol–water partition coefficient (Wildman–Crippen LogP) is 16.2. The van der Waals surface area contributed by atoms with Gasteiger partial charge in [0.25, 0.3) is 0 Å². The van der Waals surface area contributed by atoms with Crippen LogP contribution in [0.4, 0.5) is 11.4 Å². The lowest BCUT2D eigenvalue weighted by Crippen LogP contribution is -2.20. The zero-order valence-electron chi connectivity index (χ0n) is 37.3. The van der Waals surface area contributed by atoms with E-state index in [1.54, 1.807) is 0 Å². The second-order valence-electron chi connectivity index (χ2n) is 17.1. The topological polar surface area (TPSA) is 8.17 Å². The number of fused-ring (bicyclic) bond motifs is 4. The highest BCUT2D eigenvalue weighted by Crippen LogP contribution is 2.51. The molecule has 0 bridgehead atoms. The normalized spacial score (nSPS) is 15.1. The summed E-state index contributed by atoms with van der Waals surface area (Å²) >= 11 is 0. The SMILES string of the molecule is C=C/C(=C\c1c(C)c2ccccc2n1-c1ccc(N(C2=CC=C(C3=CCCC=C3)CC2)c2ccc3c(c2)C(C)(C)c2cc(-c4ccccc4)ccc2-3)cc1)c1ccccc1P.CC. The number of rotatable bonds is 9. The van der Waals surface area contributed by atoms with E-state index in [0.717, 1.165) is 59.2 Å². The zero-order valence-corrected chi connectivity index (χ0v) is 38.5. The Labute approximate surface area is 377 Å². The molecule has 0 saturated carbocycles. The number of para-hydroxylation sites is 1. The molecule has 0 spiro atoms. The minimum atomic E-state index is -0.159. The Hall–Kier alpha value is -6.47. The van der Waals surface area contributed by atoms with Gasteiger partial charge >= 0.3 is 0 Å². The van der Waals surface area contributed by atoms with Crippen molar-refractivity contribution in [3.63, 3.8) is 0 Å². The molecule has 10 rings (SSSR count). The van der Waals surface area contributed by atoms with Gasteiger partial charge in [0, 0.05) is 33.6 Å². The van der Waals surface area contributed by atoms with Crippen LogP contribution in [0.1, 0.15) is 81.3 Å². The fourth-order valence-electron chi connectivity index (χ4n) is 9.84. The van der Waals surface area contributed by atoms with Crippen LogP contribution >= 0.6 is 9.24 Å². The highest BCUT2D eigenvalue weighted by molar-refractivity contribution is 7.27. The van der Waals surface area contributed by atoms with E-state index < -0.39 is 0 Å². The molecular formula is C60H57N2P. The fourth-order valence-corrected chi connectivity index (χ4v) is 10.2. The van der Waals surface area contributed by atoms with Gasteiger partial charge < -0.3 is 9.47 Å². The Morgan fingerprint density at radius 1 is 0.714 bits per heavy atom. The quantitative estimate of drug-likeness (QED) is 0.104. The first kappa shape index (κ1) is 41.9. The number of anilines is 2. The van der Waals surface area contributed by atoms with Gasteiger partial charge in [-0.25, -0.2) is 0 Å². The molecule has 1 heterocycles. The molecule has 63 heavy (non-hydrogen) atoms. The van der Waals surface area contributed by atoms with Gasteiger partial charge in [-0.05, 0) is 160 Å². The van der Waals surface area contributed by atoms with Crippen molar-refractivity contribution >= 4 is 48.5 Å². The maximum Gasteiger partial charge on any atom is 0.0537 e. The van der Waals surface area contributed by atoms with Crippen molar-refractivity contribution in [2.75, 3.05) is 4.90 Å². The molecule has 0 aliphatic heterocycles. The lowest BCUT2D eigenvalue weighted by atomic mass is 9.81. The molecule has 312 valence electrons. The van der Waals surface area contributed by atoms with Gasteiger partial charge in [0.2, 0.25) is 0 Å². The molecule has 0 saturated heterocycles. The smallest absolute Gasteiger partial charge is 0.0537 e. The van der Waals surface area contributed by atoms with Crippen molar-refractivity contribution in [1.29, 1.82) is 0 Å². The summed E-state index contributed by atoms with van der Waals surface area (Å²) in [6, 6.07) is 51.4. The average molecular weight is 837 g/mol. The number of nitrogens with zero attached hydrogens (tertiary/aromatic N) is 2. The van der Waals surface area contributed by atoms with Crippen LogP contribution in [0.3, 0.4) is 0 Å².